The van der Waals surface area contributed by atoms with E-state index in [-0.39, 0.29) is 11.1 Å². The van der Waals surface area contributed by atoms with Crippen LogP contribution in [0.5, 0.6) is 0 Å². The number of pyridine rings is 1. The number of benzene rings is 1. The van der Waals surface area contributed by atoms with Crippen molar-refractivity contribution in [1.29, 1.82) is 0 Å². The molecule has 2 saturated heterocycles. The number of amides is 2. The second-order valence-corrected chi connectivity index (χ2v) is 10.4. The number of carbonyl (C=O) groups excluding carboxylic acids is 2. The van der Waals surface area contributed by atoms with Crippen molar-refractivity contribution in [1.82, 2.24) is 25.6 Å². The number of imide groups is 1. The highest BCUT2D eigenvalue weighted by atomic mass is 32.2. The van der Waals surface area contributed by atoms with Gasteiger partial charge in [-0.2, -0.15) is 0 Å². The average molecular weight is 527 g/mol. The molecule has 9 nitrogen and oxygen atoms in total. The molecule has 0 saturated carbocycles. The van der Waals surface area contributed by atoms with E-state index >= 15 is 0 Å². The van der Waals surface area contributed by atoms with Crippen molar-refractivity contribution in [2.75, 3.05) is 24.5 Å². The van der Waals surface area contributed by atoms with Gasteiger partial charge in [-0.05, 0) is 79.0 Å². The fourth-order valence-electron chi connectivity index (χ4n) is 4.82. The van der Waals surface area contributed by atoms with Crippen molar-refractivity contribution in [3.05, 3.63) is 77.2 Å². The highest BCUT2D eigenvalue weighted by Crippen LogP contribution is 2.28. The number of para-hydroxylation sites is 1. The van der Waals surface area contributed by atoms with E-state index in [1.165, 1.54) is 0 Å². The first-order valence-electron chi connectivity index (χ1n) is 12.6. The number of rotatable bonds is 7. The molecule has 5 heterocycles. The van der Waals surface area contributed by atoms with E-state index in [0.717, 1.165) is 72.2 Å². The van der Waals surface area contributed by atoms with Crippen molar-refractivity contribution >= 4 is 45.8 Å². The number of piperidine rings is 1. The van der Waals surface area contributed by atoms with Crippen molar-refractivity contribution < 1.29 is 14.0 Å². The number of nitrogens with one attached hydrogen (secondary N) is 2. The van der Waals surface area contributed by atoms with Gasteiger partial charge in [-0.1, -0.05) is 18.2 Å². The summed E-state index contributed by atoms with van der Waals surface area (Å²) < 4.78 is 5.67. The fourth-order valence-corrected chi connectivity index (χ4v) is 5.49. The van der Waals surface area contributed by atoms with Crippen LogP contribution in [0.4, 0.5) is 10.7 Å². The van der Waals surface area contributed by atoms with Gasteiger partial charge < -0.3 is 14.6 Å². The molecule has 0 atom stereocenters. The number of anilines is 1. The summed E-state index contributed by atoms with van der Waals surface area (Å²) in [6.07, 6.45) is 7.05. The summed E-state index contributed by atoms with van der Waals surface area (Å²) in [5, 5.41) is 6.66. The molecule has 2 N–H and O–H groups in total. The van der Waals surface area contributed by atoms with Crippen LogP contribution in [0.3, 0.4) is 0 Å². The van der Waals surface area contributed by atoms with E-state index in [9.17, 15) is 9.59 Å². The molecule has 1 aromatic carbocycles. The van der Waals surface area contributed by atoms with Crippen LogP contribution in [0.15, 0.2) is 70.3 Å². The van der Waals surface area contributed by atoms with Gasteiger partial charge in [-0.15, -0.1) is 0 Å². The fraction of sp³-hybridized carbons (Fsp3) is 0.250. The summed E-state index contributed by atoms with van der Waals surface area (Å²) in [6, 6.07) is 15.9. The Morgan fingerprint density at radius 1 is 1.11 bits per heavy atom. The second-order valence-electron chi connectivity index (χ2n) is 9.36. The molecule has 2 aliphatic rings. The summed E-state index contributed by atoms with van der Waals surface area (Å²) in [4.78, 5) is 39.7. The minimum absolute atomic E-state index is 0.348. The molecule has 2 amide bonds. The largest absolute Gasteiger partial charge is 0.463 e. The van der Waals surface area contributed by atoms with Crippen LogP contribution >= 0.6 is 11.8 Å². The molecule has 0 aliphatic carbocycles. The van der Waals surface area contributed by atoms with Crippen LogP contribution in [0.25, 0.3) is 28.4 Å². The Morgan fingerprint density at radius 2 is 1.97 bits per heavy atom. The van der Waals surface area contributed by atoms with Crippen LogP contribution in [0.1, 0.15) is 24.1 Å². The number of hydrogen-bond donors (Lipinski definition) is 2. The van der Waals surface area contributed by atoms with E-state index in [4.69, 9.17) is 9.40 Å². The Bertz CT molecular complexity index is 1510. The molecular weight excluding hydrogens is 500 g/mol. The number of nitrogens with zero attached hydrogens (tertiary/aromatic N) is 4. The lowest BCUT2D eigenvalue weighted by atomic mass is 9.97. The van der Waals surface area contributed by atoms with E-state index in [2.05, 4.69) is 37.6 Å². The zero-order valence-corrected chi connectivity index (χ0v) is 21.4. The number of carbonyl (C=O) groups is 2. The predicted molar refractivity (Wildman–Crippen MR) is 147 cm³/mol. The number of hydrogen-bond acceptors (Lipinski definition) is 9. The third kappa shape index (κ3) is 5.32. The first-order chi connectivity index (χ1) is 18.6. The monoisotopic (exact) mass is 526 g/mol. The summed E-state index contributed by atoms with van der Waals surface area (Å²) in [5.41, 5.74) is 3.56. The standard InChI is InChI=1S/C28H26N6O3S/c35-26-24(38-28(36)33-26)15-21-7-10-30-27(31-21)34-11-8-18(9-12-34)16-29-17-20-14-19-4-1-2-5-22(19)32-25(20)23-6-3-13-37-23/h1-7,10,13-15,18,29H,8-9,11-12,16-17H2,(H,33,35,36)/b24-15+. The van der Waals surface area contributed by atoms with E-state index < -0.39 is 0 Å². The van der Waals surface area contributed by atoms with Crippen LogP contribution in [-0.2, 0) is 11.3 Å². The minimum atomic E-state index is -0.385. The molecule has 192 valence electrons. The van der Waals surface area contributed by atoms with Crippen molar-refractivity contribution in [2.24, 2.45) is 5.92 Å². The van der Waals surface area contributed by atoms with Crippen molar-refractivity contribution in [3.8, 4) is 11.5 Å². The first kappa shape index (κ1) is 24.3. The maximum atomic E-state index is 11.8. The lowest BCUT2D eigenvalue weighted by Crippen LogP contribution is -2.38. The summed E-state index contributed by atoms with van der Waals surface area (Å²) in [7, 11) is 0. The Kier molecular flexibility index (Phi) is 6.89. The molecule has 0 bridgehead atoms. The Hall–Kier alpha value is -4.02. The zero-order valence-electron chi connectivity index (χ0n) is 20.6. The molecule has 0 unspecified atom stereocenters. The maximum absolute atomic E-state index is 11.8. The molecule has 38 heavy (non-hydrogen) atoms. The molecule has 3 aromatic heterocycles. The molecule has 2 fully saturated rings. The van der Waals surface area contributed by atoms with Gasteiger partial charge in [0, 0.05) is 31.2 Å². The van der Waals surface area contributed by atoms with Gasteiger partial charge in [0.2, 0.25) is 5.95 Å². The zero-order chi connectivity index (χ0) is 25.9. The predicted octanol–water partition coefficient (Wildman–Crippen LogP) is 4.61. The topological polar surface area (TPSA) is 113 Å². The third-order valence-electron chi connectivity index (χ3n) is 6.79. The van der Waals surface area contributed by atoms with Crippen LogP contribution in [-0.4, -0.2) is 45.7 Å². The number of thioether (sulfide) groups is 1. The molecule has 4 aromatic rings. The second kappa shape index (κ2) is 10.8. The van der Waals surface area contributed by atoms with Gasteiger partial charge in [0.05, 0.1) is 22.4 Å². The lowest BCUT2D eigenvalue weighted by molar-refractivity contribution is -0.115. The van der Waals surface area contributed by atoms with Crippen LogP contribution in [0.2, 0.25) is 0 Å². The summed E-state index contributed by atoms with van der Waals surface area (Å²) >= 11 is 0.888. The van der Waals surface area contributed by atoms with Crippen LogP contribution < -0.4 is 15.5 Å². The van der Waals surface area contributed by atoms with E-state index in [1.807, 2.05) is 30.3 Å². The number of aromatic nitrogens is 3. The number of fused-ring (bicyclic) bond motifs is 1. The molecular formula is C28H26N6O3S. The Labute approximate surface area is 223 Å². The van der Waals surface area contributed by atoms with E-state index in [0.29, 0.717) is 29.0 Å². The molecule has 2 aliphatic heterocycles. The minimum Gasteiger partial charge on any atom is -0.463 e. The van der Waals surface area contributed by atoms with Gasteiger partial charge >= 0.3 is 0 Å². The lowest BCUT2D eigenvalue weighted by Gasteiger charge is -2.32. The highest BCUT2D eigenvalue weighted by molar-refractivity contribution is 8.18. The van der Waals surface area contributed by atoms with Gasteiger partial charge in [-0.25, -0.2) is 15.0 Å². The highest BCUT2D eigenvalue weighted by Gasteiger charge is 2.26. The van der Waals surface area contributed by atoms with Crippen molar-refractivity contribution in [2.45, 2.75) is 19.4 Å². The number of furan rings is 1. The van der Waals surface area contributed by atoms with E-state index in [1.54, 1.807) is 24.6 Å². The Balaban J connectivity index is 1.06. The smallest absolute Gasteiger partial charge is 0.290 e. The molecule has 6 rings (SSSR count). The van der Waals surface area contributed by atoms with Crippen molar-refractivity contribution in [3.63, 3.8) is 0 Å². The average Bonchev–Trinajstić information content (AvgIpc) is 3.58. The summed E-state index contributed by atoms with van der Waals surface area (Å²) in [6.45, 7) is 3.33. The van der Waals surface area contributed by atoms with Gasteiger partial charge in [0.25, 0.3) is 11.1 Å². The molecule has 0 radical (unpaired) electrons. The first-order valence-corrected chi connectivity index (χ1v) is 13.4. The van der Waals surface area contributed by atoms with Crippen LogP contribution in [0, 0.1) is 5.92 Å². The Morgan fingerprint density at radius 3 is 2.76 bits per heavy atom. The van der Waals surface area contributed by atoms with Gasteiger partial charge in [-0.3, -0.25) is 14.9 Å². The third-order valence-corrected chi connectivity index (χ3v) is 7.60. The molecule has 0 spiro atoms. The summed E-state index contributed by atoms with van der Waals surface area (Å²) in [5.74, 6) is 1.58. The van der Waals surface area contributed by atoms with Gasteiger partial charge in [0.15, 0.2) is 5.76 Å². The maximum Gasteiger partial charge on any atom is 0.290 e. The SMILES string of the molecule is O=C1NC(=O)/C(=C\c2ccnc(N3CCC(CNCc4cc5ccccc5nc4-c4ccco4)CC3)n2)S1. The van der Waals surface area contributed by atoms with Gasteiger partial charge in [0.1, 0.15) is 5.69 Å². The molecule has 10 heteroatoms. The normalized spacial score (nSPS) is 17.5. The quantitative estimate of drug-likeness (QED) is 0.333.